The van der Waals surface area contributed by atoms with Crippen LogP contribution < -0.4 is 0 Å². The van der Waals surface area contributed by atoms with Crippen molar-refractivity contribution >= 4 is 77.0 Å². The summed E-state index contributed by atoms with van der Waals surface area (Å²) in [6.45, 7) is 0. The van der Waals surface area contributed by atoms with E-state index in [4.69, 9.17) is 11.6 Å². The number of hydrogen-bond donors (Lipinski definition) is 0. The molecule has 216 valence electrons. The fourth-order valence-electron chi connectivity index (χ4n) is 7.65. The third-order valence-corrected chi connectivity index (χ3v) is 9.67. The Morgan fingerprint density at radius 1 is 0.326 bits per heavy atom. The summed E-state index contributed by atoms with van der Waals surface area (Å²) < 4.78 is 7.13. The molecule has 4 heteroatoms. The minimum absolute atomic E-state index is 0.694. The molecule has 3 nitrogen and oxygen atoms in total. The smallest absolute Gasteiger partial charge is 0.0641 e. The van der Waals surface area contributed by atoms with Crippen molar-refractivity contribution in [2.24, 2.45) is 0 Å². The quantitative estimate of drug-likeness (QED) is 0.190. The fraction of sp³-hybridized carbons (Fsp3) is 0. The summed E-state index contributed by atoms with van der Waals surface area (Å²) in [5.41, 5.74) is 10.2. The van der Waals surface area contributed by atoms with E-state index in [1.54, 1.807) is 0 Å². The van der Waals surface area contributed by atoms with Gasteiger partial charge < -0.3 is 13.7 Å². The third-order valence-electron chi connectivity index (χ3n) is 9.45. The van der Waals surface area contributed by atoms with Gasteiger partial charge in [0.2, 0.25) is 0 Å². The molecule has 0 saturated carbocycles. The highest BCUT2D eigenvalue weighted by Crippen LogP contribution is 2.42. The normalized spacial score (nSPS) is 12.0. The minimum atomic E-state index is 0.694. The zero-order valence-corrected chi connectivity index (χ0v) is 25.5. The van der Waals surface area contributed by atoms with Gasteiger partial charge in [-0.2, -0.15) is 0 Å². The van der Waals surface area contributed by atoms with E-state index < -0.39 is 0 Å². The second kappa shape index (κ2) is 9.61. The Kier molecular flexibility index (Phi) is 5.34. The molecule has 7 aromatic carbocycles. The lowest BCUT2D eigenvalue weighted by Gasteiger charge is -2.14. The van der Waals surface area contributed by atoms with Gasteiger partial charge in [-0.15, -0.1) is 0 Å². The molecule has 3 heterocycles. The molecule has 0 aliphatic rings. The molecule has 0 aliphatic heterocycles. The Bertz CT molecular complexity index is 2760. The second-order valence-electron chi connectivity index (χ2n) is 11.9. The first kappa shape index (κ1) is 25.5. The molecule has 46 heavy (non-hydrogen) atoms. The van der Waals surface area contributed by atoms with Crippen molar-refractivity contribution in [3.05, 3.63) is 163 Å². The van der Waals surface area contributed by atoms with E-state index in [0.717, 1.165) is 39.1 Å². The van der Waals surface area contributed by atoms with E-state index in [0.29, 0.717) is 5.02 Å². The predicted molar refractivity (Wildman–Crippen MR) is 194 cm³/mol. The number of aromatic nitrogens is 3. The average molecular weight is 608 g/mol. The lowest BCUT2D eigenvalue weighted by Crippen LogP contribution is -1.99. The summed E-state index contributed by atoms with van der Waals surface area (Å²) in [5.74, 6) is 0. The Morgan fingerprint density at radius 3 is 1.39 bits per heavy atom. The van der Waals surface area contributed by atoms with E-state index in [2.05, 4.69) is 171 Å². The van der Waals surface area contributed by atoms with Crippen LogP contribution in [0.25, 0.3) is 82.5 Å². The molecule has 0 N–H and O–H groups in total. The fourth-order valence-corrected chi connectivity index (χ4v) is 7.87. The van der Waals surface area contributed by atoms with Gasteiger partial charge >= 0.3 is 0 Å². The molecule has 0 fully saturated rings. The summed E-state index contributed by atoms with van der Waals surface area (Å²) in [6, 6.07) is 56.3. The van der Waals surface area contributed by atoms with Crippen molar-refractivity contribution in [3.8, 4) is 17.1 Å². The van der Waals surface area contributed by atoms with Crippen LogP contribution in [0.15, 0.2) is 158 Å². The molecular weight excluding hydrogens is 582 g/mol. The number of para-hydroxylation sites is 5. The van der Waals surface area contributed by atoms with Gasteiger partial charge in [0.25, 0.3) is 0 Å². The second-order valence-corrected chi connectivity index (χ2v) is 12.4. The van der Waals surface area contributed by atoms with Gasteiger partial charge in [-0.05, 0) is 60.7 Å². The molecule has 10 aromatic rings. The number of rotatable bonds is 3. The maximum Gasteiger partial charge on any atom is 0.0641 e. The van der Waals surface area contributed by atoms with E-state index >= 15 is 0 Å². The molecule has 0 spiro atoms. The van der Waals surface area contributed by atoms with Gasteiger partial charge in [-0.3, -0.25) is 0 Å². The molecule has 10 rings (SSSR count). The van der Waals surface area contributed by atoms with Gasteiger partial charge in [-0.25, -0.2) is 0 Å². The van der Waals surface area contributed by atoms with Crippen LogP contribution in [0.5, 0.6) is 0 Å². The van der Waals surface area contributed by atoms with Crippen LogP contribution in [0.2, 0.25) is 5.02 Å². The Hall–Kier alpha value is -5.77. The highest BCUT2D eigenvalue weighted by molar-refractivity contribution is 6.31. The summed E-state index contributed by atoms with van der Waals surface area (Å²) in [5, 5.41) is 8.08. The maximum atomic E-state index is 7.01. The molecule has 0 bridgehead atoms. The topological polar surface area (TPSA) is 14.8 Å². The summed E-state index contributed by atoms with van der Waals surface area (Å²) in [4.78, 5) is 0. The lowest BCUT2D eigenvalue weighted by molar-refractivity contribution is 1.13. The first-order valence-electron chi connectivity index (χ1n) is 15.6. The van der Waals surface area contributed by atoms with Crippen molar-refractivity contribution in [2.75, 3.05) is 0 Å². The molecule has 0 radical (unpaired) electrons. The molecular formula is C42H26ClN3. The van der Waals surface area contributed by atoms with Crippen molar-refractivity contribution in [2.45, 2.75) is 0 Å². The third kappa shape index (κ3) is 3.49. The zero-order chi connectivity index (χ0) is 30.4. The maximum absolute atomic E-state index is 7.01. The van der Waals surface area contributed by atoms with Crippen LogP contribution in [0, 0.1) is 0 Å². The van der Waals surface area contributed by atoms with Gasteiger partial charge in [0, 0.05) is 54.4 Å². The number of nitrogens with zero attached hydrogens (tertiary/aromatic N) is 3. The van der Waals surface area contributed by atoms with Crippen molar-refractivity contribution in [1.82, 2.24) is 13.7 Å². The highest BCUT2D eigenvalue weighted by Gasteiger charge is 2.21. The van der Waals surface area contributed by atoms with Crippen LogP contribution in [-0.2, 0) is 0 Å². The summed E-state index contributed by atoms with van der Waals surface area (Å²) in [7, 11) is 0. The molecule has 0 aliphatic carbocycles. The minimum Gasteiger partial charge on any atom is -0.309 e. The molecule has 3 aromatic heterocycles. The predicted octanol–water partition coefficient (Wildman–Crippen LogP) is 11.6. The van der Waals surface area contributed by atoms with Gasteiger partial charge in [-0.1, -0.05) is 109 Å². The van der Waals surface area contributed by atoms with Crippen LogP contribution in [0.4, 0.5) is 0 Å². The Labute approximate surface area is 269 Å². The standard InChI is InChI=1S/C42H26ClN3/c43-27-24-29(44-36-18-8-4-14-31(36)32-15-5-9-19-37(32)44)26-30(25-27)45-39-21-11-7-17-35(39)41-40(45)23-22-34-33-16-6-10-20-38(33)46(42(34)41)28-12-2-1-3-13-28/h1-26H. The first-order chi connectivity index (χ1) is 22.8. The molecule has 0 atom stereocenters. The van der Waals surface area contributed by atoms with E-state index in [1.165, 1.54) is 43.4 Å². The summed E-state index contributed by atoms with van der Waals surface area (Å²) in [6.07, 6.45) is 0. The SMILES string of the molecule is Clc1cc(-n2c3ccccc3c3ccccc32)cc(-n2c3ccccc3c3c2ccc2c4ccccc4n(-c4ccccc4)c23)c1. The van der Waals surface area contributed by atoms with Crippen molar-refractivity contribution in [3.63, 3.8) is 0 Å². The van der Waals surface area contributed by atoms with E-state index in [1.807, 2.05) is 0 Å². The molecule has 0 unspecified atom stereocenters. The Balaban J connectivity index is 1.33. The average Bonchev–Trinajstić information content (AvgIpc) is 3.74. The van der Waals surface area contributed by atoms with Gasteiger partial charge in [0.15, 0.2) is 0 Å². The van der Waals surface area contributed by atoms with Crippen molar-refractivity contribution in [1.29, 1.82) is 0 Å². The zero-order valence-electron chi connectivity index (χ0n) is 24.7. The molecule has 0 amide bonds. The first-order valence-corrected chi connectivity index (χ1v) is 15.9. The van der Waals surface area contributed by atoms with E-state index in [9.17, 15) is 0 Å². The van der Waals surface area contributed by atoms with Crippen LogP contribution in [-0.4, -0.2) is 13.7 Å². The van der Waals surface area contributed by atoms with Crippen LogP contribution in [0.1, 0.15) is 0 Å². The molecule has 0 saturated heterocycles. The number of halogens is 1. The number of fused-ring (bicyclic) bond motifs is 10. The largest absolute Gasteiger partial charge is 0.309 e. The monoisotopic (exact) mass is 607 g/mol. The lowest BCUT2D eigenvalue weighted by atomic mass is 10.1. The van der Waals surface area contributed by atoms with Gasteiger partial charge in [0.05, 0.1) is 33.1 Å². The van der Waals surface area contributed by atoms with Crippen LogP contribution >= 0.6 is 11.6 Å². The number of benzene rings is 7. The Morgan fingerprint density at radius 2 is 0.783 bits per heavy atom. The number of hydrogen-bond acceptors (Lipinski definition) is 0. The van der Waals surface area contributed by atoms with Crippen molar-refractivity contribution < 1.29 is 0 Å². The van der Waals surface area contributed by atoms with Gasteiger partial charge in [0.1, 0.15) is 0 Å². The van der Waals surface area contributed by atoms with E-state index in [-0.39, 0.29) is 0 Å². The highest BCUT2D eigenvalue weighted by atomic mass is 35.5. The summed E-state index contributed by atoms with van der Waals surface area (Å²) >= 11 is 7.01. The van der Waals surface area contributed by atoms with Crippen LogP contribution in [0.3, 0.4) is 0 Å².